The highest BCUT2D eigenvalue weighted by atomic mass is 16.3. The fourth-order valence-electron chi connectivity index (χ4n) is 3.38. The van der Waals surface area contributed by atoms with E-state index in [0.29, 0.717) is 22.6 Å². The van der Waals surface area contributed by atoms with Gasteiger partial charge < -0.3 is 4.42 Å². The van der Waals surface area contributed by atoms with Crippen LogP contribution in [0.3, 0.4) is 0 Å². The summed E-state index contributed by atoms with van der Waals surface area (Å²) in [6.45, 7) is 7.36. The van der Waals surface area contributed by atoms with Gasteiger partial charge in [0, 0.05) is 28.0 Å². The molecule has 27 heavy (non-hydrogen) atoms. The number of hydrogen-bond acceptors (Lipinski definition) is 3. The molecule has 3 nitrogen and oxygen atoms in total. The summed E-state index contributed by atoms with van der Waals surface area (Å²) >= 11 is 0. The van der Waals surface area contributed by atoms with Crippen LogP contribution >= 0.6 is 0 Å². The predicted molar refractivity (Wildman–Crippen MR) is 112 cm³/mol. The third-order valence-corrected chi connectivity index (χ3v) is 4.90. The van der Waals surface area contributed by atoms with E-state index in [9.17, 15) is 0 Å². The minimum absolute atomic E-state index is 0.107. The number of aromatic nitrogens is 2. The van der Waals surface area contributed by atoms with Gasteiger partial charge in [-0.2, -0.15) is 0 Å². The molecule has 0 fully saturated rings. The molecule has 0 aliphatic carbocycles. The lowest BCUT2D eigenvalue weighted by Gasteiger charge is -2.17. The van der Waals surface area contributed by atoms with Crippen molar-refractivity contribution >= 4 is 22.1 Å². The number of rotatable bonds is 2. The van der Waals surface area contributed by atoms with Crippen LogP contribution in [0.1, 0.15) is 62.7 Å². The third-order valence-electron chi connectivity index (χ3n) is 4.90. The molecule has 1 unspecified atom stereocenters. The van der Waals surface area contributed by atoms with E-state index in [2.05, 4.69) is 38.7 Å². The van der Waals surface area contributed by atoms with Crippen LogP contribution in [-0.2, 0) is 5.41 Å². The largest absolute Gasteiger partial charge is 0.437 e. The summed E-state index contributed by atoms with van der Waals surface area (Å²) in [7, 11) is 0. The quantitative estimate of drug-likeness (QED) is 0.395. The SMILES string of the molecule is [2H]C([2H])([2H])C([2H])(C)c1ccnc(-c2cccc3c2oc2nc(C(C)(C)C)cc(C)c23)c1. The van der Waals surface area contributed by atoms with E-state index in [1.165, 1.54) is 6.92 Å². The second-order valence-electron chi connectivity index (χ2n) is 8.09. The molecule has 4 aromatic rings. The minimum atomic E-state index is -2.46. The van der Waals surface area contributed by atoms with Crippen molar-refractivity contribution < 1.29 is 9.90 Å². The van der Waals surface area contributed by atoms with Crippen LogP contribution < -0.4 is 0 Å². The zero-order chi connectivity index (χ0) is 22.8. The lowest BCUT2D eigenvalue weighted by molar-refractivity contribution is 0.561. The van der Waals surface area contributed by atoms with Gasteiger partial charge in [-0.05, 0) is 48.2 Å². The summed E-state index contributed by atoms with van der Waals surface area (Å²) < 4.78 is 37.9. The van der Waals surface area contributed by atoms with Crippen molar-refractivity contribution in [1.29, 1.82) is 0 Å². The Kier molecular flexibility index (Phi) is 3.09. The summed E-state index contributed by atoms with van der Waals surface area (Å²) in [5.41, 5.74) is 4.88. The Balaban J connectivity index is 1.95. The molecule has 1 atom stereocenters. The molecule has 0 amide bonds. The topological polar surface area (TPSA) is 38.9 Å². The molecule has 0 spiro atoms. The van der Waals surface area contributed by atoms with Crippen molar-refractivity contribution in [2.24, 2.45) is 0 Å². The molecule has 3 heteroatoms. The van der Waals surface area contributed by atoms with Gasteiger partial charge in [0.05, 0.1) is 16.8 Å². The Bertz CT molecular complexity index is 1300. The highest BCUT2D eigenvalue weighted by Crippen LogP contribution is 2.37. The number of para-hydroxylation sites is 1. The summed E-state index contributed by atoms with van der Waals surface area (Å²) in [6.07, 6.45) is 1.55. The second kappa shape index (κ2) is 6.19. The van der Waals surface area contributed by atoms with Crippen LogP contribution in [0, 0.1) is 6.92 Å². The van der Waals surface area contributed by atoms with Crippen LogP contribution in [-0.4, -0.2) is 9.97 Å². The maximum atomic E-state index is 8.42. The Hall–Kier alpha value is -2.68. The molecule has 4 rings (SSSR count). The first-order chi connectivity index (χ1) is 14.3. The van der Waals surface area contributed by atoms with Gasteiger partial charge in [-0.1, -0.05) is 46.7 Å². The molecule has 1 aromatic carbocycles. The summed E-state index contributed by atoms with van der Waals surface area (Å²) in [4.78, 5) is 9.23. The number of furan rings is 1. The lowest BCUT2D eigenvalue weighted by atomic mass is 9.90. The number of benzene rings is 1. The van der Waals surface area contributed by atoms with Crippen LogP contribution in [0.4, 0.5) is 0 Å². The minimum Gasteiger partial charge on any atom is -0.437 e. The molecular formula is C24H26N2O. The van der Waals surface area contributed by atoms with Gasteiger partial charge in [0.1, 0.15) is 5.58 Å². The van der Waals surface area contributed by atoms with Gasteiger partial charge in [-0.3, -0.25) is 4.98 Å². The Morgan fingerprint density at radius 1 is 1.19 bits per heavy atom. The Labute approximate surface area is 166 Å². The lowest BCUT2D eigenvalue weighted by Crippen LogP contribution is -2.13. The molecule has 0 aliphatic heterocycles. The number of pyridine rings is 2. The van der Waals surface area contributed by atoms with Crippen molar-refractivity contribution in [3.8, 4) is 11.3 Å². The zero-order valence-electron chi connectivity index (χ0n) is 20.3. The zero-order valence-corrected chi connectivity index (χ0v) is 16.3. The summed E-state index contributed by atoms with van der Waals surface area (Å²) in [5.74, 6) is -1.74. The number of aryl methyl sites for hydroxylation is 1. The first-order valence-corrected chi connectivity index (χ1v) is 9.11. The van der Waals surface area contributed by atoms with Crippen molar-refractivity contribution in [3.05, 3.63) is 59.4 Å². The molecular weight excluding hydrogens is 332 g/mol. The van der Waals surface area contributed by atoms with E-state index in [0.717, 1.165) is 27.6 Å². The molecule has 0 bridgehead atoms. The normalized spacial score (nSPS) is 17.2. The first-order valence-electron chi connectivity index (χ1n) is 11.1. The fourth-order valence-corrected chi connectivity index (χ4v) is 3.38. The first kappa shape index (κ1) is 13.5. The van der Waals surface area contributed by atoms with E-state index in [1.54, 1.807) is 18.3 Å². The van der Waals surface area contributed by atoms with Crippen molar-refractivity contribution in [2.45, 2.75) is 52.8 Å². The maximum absolute atomic E-state index is 8.42. The summed E-state index contributed by atoms with van der Waals surface area (Å²) in [5, 5.41) is 1.91. The number of nitrogens with zero attached hydrogens (tertiary/aromatic N) is 2. The third kappa shape index (κ3) is 3.01. The van der Waals surface area contributed by atoms with Gasteiger partial charge in [-0.25, -0.2) is 4.98 Å². The van der Waals surface area contributed by atoms with Crippen molar-refractivity contribution in [2.75, 3.05) is 0 Å². The van der Waals surface area contributed by atoms with E-state index >= 15 is 0 Å². The highest BCUT2D eigenvalue weighted by Gasteiger charge is 2.21. The predicted octanol–water partition coefficient (Wildman–Crippen LogP) is 6.77. The van der Waals surface area contributed by atoms with E-state index in [-0.39, 0.29) is 5.41 Å². The standard InChI is InChI=1S/C24H26N2O/c1-14(2)16-10-11-25-19(13-16)17-8-7-9-18-21-15(3)12-20(24(4,5)6)26-23(21)27-22(17)18/h7-14H,1-6H3/i1D3,14D. The smallest absolute Gasteiger partial charge is 0.227 e. The second-order valence-corrected chi connectivity index (χ2v) is 8.09. The van der Waals surface area contributed by atoms with Crippen LogP contribution in [0.25, 0.3) is 33.3 Å². The monoisotopic (exact) mass is 362 g/mol. The number of fused-ring (bicyclic) bond motifs is 3. The van der Waals surface area contributed by atoms with Gasteiger partial charge in [-0.15, -0.1) is 0 Å². The summed E-state index contributed by atoms with van der Waals surface area (Å²) in [6, 6.07) is 11.2. The van der Waals surface area contributed by atoms with Crippen molar-refractivity contribution in [1.82, 2.24) is 9.97 Å². The molecule has 3 aromatic heterocycles. The molecule has 0 radical (unpaired) electrons. The van der Waals surface area contributed by atoms with Gasteiger partial charge in [0.25, 0.3) is 0 Å². The van der Waals surface area contributed by atoms with E-state index < -0.39 is 12.7 Å². The molecule has 0 N–H and O–H groups in total. The number of hydrogen-bond donors (Lipinski definition) is 0. The molecule has 0 saturated heterocycles. The van der Waals surface area contributed by atoms with Gasteiger partial charge >= 0.3 is 0 Å². The van der Waals surface area contributed by atoms with Crippen LogP contribution in [0.5, 0.6) is 0 Å². The highest BCUT2D eigenvalue weighted by molar-refractivity contribution is 6.09. The Morgan fingerprint density at radius 3 is 2.74 bits per heavy atom. The molecule has 0 saturated carbocycles. The molecule has 138 valence electrons. The molecule has 0 aliphatic rings. The van der Waals surface area contributed by atoms with Gasteiger partial charge in [0.2, 0.25) is 5.71 Å². The molecule has 3 heterocycles. The average Bonchev–Trinajstić information content (AvgIpc) is 3.05. The maximum Gasteiger partial charge on any atom is 0.227 e. The van der Waals surface area contributed by atoms with Crippen LogP contribution in [0.15, 0.2) is 47.0 Å². The van der Waals surface area contributed by atoms with Crippen molar-refractivity contribution in [3.63, 3.8) is 0 Å². The van der Waals surface area contributed by atoms with E-state index in [1.807, 2.05) is 18.2 Å². The van der Waals surface area contributed by atoms with Gasteiger partial charge in [0.15, 0.2) is 0 Å². The Morgan fingerprint density at radius 2 is 2.00 bits per heavy atom. The fraction of sp³-hybridized carbons (Fsp3) is 0.333. The van der Waals surface area contributed by atoms with E-state index in [4.69, 9.17) is 14.9 Å². The van der Waals surface area contributed by atoms with Crippen LogP contribution in [0.2, 0.25) is 0 Å². The average molecular weight is 363 g/mol.